The van der Waals surface area contributed by atoms with Crippen molar-refractivity contribution in [3.63, 3.8) is 0 Å². The van der Waals surface area contributed by atoms with E-state index in [1.54, 1.807) is 18.2 Å². The summed E-state index contributed by atoms with van der Waals surface area (Å²) in [7, 11) is 3.05. The zero-order valence-electron chi connectivity index (χ0n) is 17.7. The van der Waals surface area contributed by atoms with E-state index in [1.165, 1.54) is 30.5 Å². The van der Waals surface area contributed by atoms with Gasteiger partial charge >= 0.3 is 0 Å². The average molecular weight is 435 g/mol. The lowest BCUT2D eigenvalue weighted by molar-refractivity contribution is -0.120. The first-order valence-corrected chi connectivity index (χ1v) is 10.6. The molecule has 0 aliphatic carbocycles. The van der Waals surface area contributed by atoms with Crippen molar-refractivity contribution in [1.82, 2.24) is 0 Å². The smallest absolute Gasteiger partial charge is 0.282 e. The number of anilines is 2. The molecule has 2 amide bonds. The molecule has 3 aromatic rings. The van der Waals surface area contributed by atoms with Gasteiger partial charge in [0.2, 0.25) is 0 Å². The summed E-state index contributed by atoms with van der Waals surface area (Å²) in [5.41, 5.74) is 3.94. The number of hydrogen-bond acceptors (Lipinski definition) is 6. The lowest BCUT2D eigenvalue weighted by atomic mass is 10.1. The molecule has 6 nitrogen and oxygen atoms in total. The zero-order chi connectivity index (χ0) is 22.1. The molecule has 31 heavy (non-hydrogen) atoms. The van der Waals surface area contributed by atoms with Crippen LogP contribution in [0.5, 0.6) is 11.5 Å². The number of methoxy groups -OCH3 is 2. The maximum Gasteiger partial charge on any atom is 0.282 e. The van der Waals surface area contributed by atoms with Crippen LogP contribution >= 0.6 is 11.3 Å². The third-order valence-corrected chi connectivity index (χ3v) is 6.23. The molecule has 1 aliphatic rings. The Bertz CT molecular complexity index is 1200. The number of benzene rings is 2. The summed E-state index contributed by atoms with van der Waals surface area (Å²) in [6.07, 6.45) is 0. The van der Waals surface area contributed by atoms with Crippen molar-refractivity contribution >= 4 is 40.1 Å². The van der Waals surface area contributed by atoms with Crippen molar-refractivity contribution in [2.24, 2.45) is 0 Å². The van der Waals surface area contributed by atoms with Gasteiger partial charge in [-0.05, 0) is 54.6 Å². The van der Waals surface area contributed by atoms with E-state index >= 15 is 0 Å². The van der Waals surface area contributed by atoms with Gasteiger partial charge in [-0.15, -0.1) is 11.3 Å². The molecule has 2 heterocycles. The summed E-state index contributed by atoms with van der Waals surface area (Å²) >= 11 is 1.42. The Morgan fingerprint density at radius 2 is 1.68 bits per heavy atom. The molecule has 158 valence electrons. The minimum absolute atomic E-state index is 0.260. The Morgan fingerprint density at radius 1 is 0.903 bits per heavy atom. The lowest BCUT2D eigenvalue weighted by Gasteiger charge is -2.18. The molecule has 1 aliphatic heterocycles. The van der Waals surface area contributed by atoms with Crippen molar-refractivity contribution in [1.29, 1.82) is 0 Å². The lowest BCUT2D eigenvalue weighted by Crippen LogP contribution is -2.32. The number of carbonyl (C=O) groups is 2. The molecular formula is C24H22N2O4S. The maximum absolute atomic E-state index is 13.5. The third kappa shape index (κ3) is 3.57. The second-order valence-corrected chi connectivity index (χ2v) is 8.03. The number of nitrogens with one attached hydrogen (secondary N) is 1. The minimum Gasteiger partial charge on any atom is -0.493 e. The average Bonchev–Trinajstić information content (AvgIpc) is 3.37. The van der Waals surface area contributed by atoms with Gasteiger partial charge in [-0.1, -0.05) is 18.2 Å². The normalized spacial score (nSPS) is 13.7. The van der Waals surface area contributed by atoms with Gasteiger partial charge in [-0.3, -0.25) is 9.59 Å². The summed E-state index contributed by atoms with van der Waals surface area (Å²) in [6, 6.07) is 14.5. The quantitative estimate of drug-likeness (QED) is 0.566. The number of rotatable bonds is 6. The fourth-order valence-corrected chi connectivity index (χ4v) is 4.28. The summed E-state index contributed by atoms with van der Waals surface area (Å²) in [4.78, 5) is 28.9. The molecule has 0 saturated carbocycles. The number of aryl methyl sites for hydroxylation is 1. The Morgan fingerprint density at radius 3 is 2.35 bits per heavy atom. The van der Waals surface area contributed by atoms with E-state index in [9.17, 15) is 9.59 Å². The molecule has 0 fully saturated rings. The van der Waals surface area contributed by atoms with E-state index in [2.05, 4.69) is 5.32 Å². The molecule has 0 spiro atoms. The summed E-state index contributed by atoms with van der Waals surface area (Å²) in [5, 5.41) is 5.12. The zero-order valence-corrected chi connectivity index (χ0v) is 18.5. The van der Waals surface area contributed by atoms with Crippen LogP contribution in [0.4, 0.5) is 11.4 Å². The van der Waals surface area contributed by atoms with E-state index in [0.717, 1.165) is 21.7 Å². The van der Waals surface area contributed by atoms with Gasteiger partial charge in [0, 0.05) is 16.6 Å². The molecule has 0 atom stereocenters. The van der Waals surface area contributed by atoms with Crippen molar-refractivity contribution in [2.75, 3.05) is 24.4 Å². The first-order valence-electron chi connectivity index (χ1n) is 9.68. The van der Waals surface area contributed by atoms with Crippen LogP contribution in [0.1, 0.15) is 16.0 Å². The van der Waals surface area contributed by atoms with Crippen LogP contribution in [0.25, 0.3) is 5.57 Å². The first-order chi connectivity index (χ1) is 15.0. The SMILES string of the molecule is COc1ccc(N2C(=O)C(Nc3cccc(C)c3C)=C(c3cccs3)C2=O)cc1OC. The topological polar surface area (TPSA) is 67.9 Å². The number of imide groups is 1. The predicted molar refractivity (Wildman–Crippen MR) is 123 cm³/mol. The van der Waals surface area contributed by atoms with Crippen LogP contribution in [0.3, 0.4) is 0 Å². The van der Waals surface area contributed by atoms with E-state index in [-0.39, 0.29) is 11.6 Å². The highest BCUT2D eigenvalue weighted by Crippen LogP contribution is 2.39. The fourth-order valence-electron chi connectivity index (χ4n) is 3.51. The molecule has 0 saturated heterocycles. The molecule has 0 radical (unpaired) electrons. The number of nitrogens with zero attached hydrogens (tertiary/aromatic N) is 1. The molecular weight excluding hydrogens is 412 g/mol. The Labute approximate surface area is 184 Å². The van der Waals surface area contributed by atoms with Crippen molar-refractivity contribution < 1.29 is 19.1 Å². The second kappa shape index (κ2) is 8.28. The van der Waals surface area contributed by atoms with E-state index < -0.39 is 5.91 Å². The van der Waals surface area contributed by atoms with Crippen LogP contribution in [0.15, 0.2) is 59.6 Å². The van der Waals surface area contributed by atoms with E-state index in [1.807, 2.05) is 49.6 Å². The third-order valence-electron chi connectivity index (χ3n) is 5.34. The van der Waals surface area contributed by atoms with Gasteiger partial charge in [0.25, 0.3) is 11.8 Å². The van der Waals surface area contributed by atoms with Crippen molar-refractivity contribution in [2.45, 2.75) is 13.8 Å². The molecule has 2 aromatic carbocycles. The molecule has 1 N–H and O–H groups in total. The van der Waals surface area contributed by atoms with Gasteiger partial charge in [0.15, 0.2) is 11.5 Å². The highest BCUT2D eigenvalue weighted by Gasteiger charge is 2.41. The molecule has 0 bridgehead atoms. The van der Waals surface area contributed by atoms with Gasteiger partial charge < -0.3 is 14.8 Å². The first kappa shape index (κ1) is 20.7. The number of thiophene rings is 1. The monoisotopic (exact) mass is 434 g/mol. The number of carbonyl (C=O) groups excluding carboxylic acids is 2. The molecule has 7 heteroatoms. The number of ether oxygens (including phenoxy) is 2. The highest BCUT2D eigenvalue weighted by atomic mass is 32.1. The van der Waals surface area contributed by atoms with Gasteiger partial charge in [-0.25, -0.2) is 4.90 Å². The van der Waals surface area contributed by atoms with E-state index in [0.29, 0.717) is 22.8 Å². The van der Waals surface area contributed by atoms with Crippen LogP contribution in [0, 0.1) is 13.8 Å². The minimum atomic E-state index is -0.415. The van der Waals surface area contributed by atoms with Crippen LogP contribution < -0.4 is 19.7 Å². The van der Waals surface area contributed by atoms with Crippen LogP contribution in [0.2, 0.25) is 0 Å². The highest BCUT2D eigenvalue weighted by molar-refractivity contribution is 7.11. The summed E-state index contributed by atoms with van der Waals surface area (Å²) < 4.78 is 10.6. The molecule has 4 rings (SSSR count). The molecule has 1 aromatic heterocycles. The number of hydrogen-bond donors (Lipinski definition) is 1. The maximum atomic E-state index is 13.5. The Kier molecular flexibility index (Phi) is 5.52. The predicted octanol–water partition coefficient (Wildman–Crippen LogP) is 4.78. The summed E-state index contributed by atoms with van der Waals surface area (Å²) in [6.45, 7) is 3.99. The molecule has 0 unspecified atom stereocenters. The number of amides is 2. The fraction of sp³-hybridized carbons (Fsp3) is 0.167. The Balaban J connectivity index is 1.81. The van der Waals surface area contributed by atoms with Gasteiger partial charge in [0.05, 0.1) is 25.5 Å². The van der Waals surface area contributed by atoms with Crippen LogP contribution in [-0.2, 0) is 9.59 Å². The van der Waals surface area contributed by atoms with Crippen molar-refractivity contribution in [3.05, 3.63) is 75.6 Å². The van der Waals surface area contributed by atoms with Gasteiger partial charge in [0.1, 0.15) is 5.70 Å². The Hall–Kier alpha value is -3.58. The van der Waals surface area contributed by atoms with Gasteiger partial charge in [-0.2, -0.15) is 0 Å². The van der Waals surface area contributed by atoms with Crippen LogP contribution in [-0.4, -0.2) is 26.0 Å². The largest absolute Gasteiger partial charge is 0.493 e. The van der Waals surface area contributed by atoms with E-state index in [4.69, 9.17) is 9.47 Å². The summed E-state index contributed by atoms with van der Waals surface area (Å²) in [5.74, 6) is 0.161. The standard InChI is InChI=1S/C24H22N2O4S/c1-14-7-5-8-17(15(14)2)25-22-21(20-9-6-12-31-20)23(27)26(24(22)28)16-10-11-18(29-3)19(13-16)30-4/h5-13,25H,1-4H3. The van der Waals surface area contributed by atoms with Crippen molar-refractivity contribution in [3.8, 4) is 11.5 Å². The second-order valence-electron chi connectivity index (χ2n) is 7.08.